The van der Waals surface area contributed by atoms with Crippen molar-refractivity contribution in [3.05, 3.63) is 34.1 Å². The van der Waals surface area contributed by atoms with E-state index in [1.165, 1.54) is 12.5 Å². The maximum atomic E-state index is 13.3. The highest BCUT2D eigenvalue weighted by molar-refractivity contribution is 9.10. The molecule has 2 unspecified atom stereocenters. The maximum Gasteiger partial charge on any atom is 0.123 e. The molecule has 0 amide bonds. The van der Waals surface area contributed by atoms with E-state index in [-0.39, 0.29) is 5.82 Å². The van der Waals surface area contributed by atoms with Crippen LogP contribution in [0.4, 0.5) is 4.39 Å². The van der Waals surface area contributed by atoms with E-state index < -0.39 is 0 Å². The van der Waals surface area contributed by atoms with Gasteiger partial charge < -0.3 is 5.32 Å². The largest absolute Gasteiger partial charge is 0.314 e. The van der Waals surface area contributed by atoms with E-state index in [9.17, 15) is 4.39 Å². The molecule has 108 valence electrons. The summed E-state index contributed by atoms with van der Waals surface area (Å²) < 4.78 is 14.3. The van der Waals surface area contributed by atoms with E-state index in [0.717, 1.165) is 35.8 Å². The fraction of sp³-hybridized carbons (Fsp3) is 0.625. The van der Waals surface area contributed by atoms with Gasteiger partial charge >= 0.3 is 0 Å². The molecule has 1 nitrogen and oxygen atoms in total. The van der Waals surface area contributed by atoms with Crippen molar-refractivity contribution < 1.29 is 4.39 Å². The molecule has 0 aromatic heterocycles. The fourth-order valence-electron chi connectivity index (χ4n) is 2.20. The monoisotopic (exact) mass is 329 g/mol. The van der Waals surface area contributed by atoms with E-state index in [0.29, 0.717) is 12.0 Å². The third-order valence-corrected chi connectivity index (χ3v) is 4.31. The molecule has 0 aliphatic heterocycles. The first-order valence-electron chi connectivity index (χ1n) is 7.24. The Bertz CT molecular complexity index is 381. The van der Waals surface area contributed by atoms with Gasteiger partial charge in [0.25, 0.3) is 0 Å². The molecule has 1 N–H and O–H groups in total. The Hall–Kier alpha value is -0.410. The number of nitrogens with one attached hydrogen (secondary N) is 1. The summed E-state index contributed by atoms with van der Waals surface area (Å²) in [6, 6.07) is 5.36. The van der Waals surface area contributed by atoms with Crippen molar-refractivity contribution in [1.29, 1.82) is 0 Å². The van der Waals surface area contributed by atoms with E-state index in [1.54, 1.807) is 12.1 Å². The highest BCUT2D eigenvalue weighted by Gasteiger charge is 2.14. The molecule has 0 spiro atoms. The standard InChI is InChI=1S/C16H25BrFN/c1-4-8-19-15(9-12(3)5-2)11-13-10-14(18)6-7-16(13)17/h6-7,10,12,15,19H,4-5,8-9,11H2,1-3H3. The summed E-state index contributed by atoms with van der Waals surface area (Å²) >= 11 is 3.52. The molecule has 0 saturated heterocycles. The van der Waals surface area contributed by atoms with Gasteiger partial charge in [0.1, 0.15) is 5.82 Å². The summed E-state index contributed by atoms with van der Waals surface area (Å²) in [7, 11) is 0. The van der Waals surface area contributed by atoms with Crippen molar-refractivity contribution in [1.82, 2.24) is 5.32 Å². The lowest BCUT2D eigenvalue weighted by Gasteiger charge is -2.22. The van der Waals surface area contributed by atoms with Crippen molar-refractivity contribution in [3.8, 4) is 0 Å². The summed E-state index contributed by atoms with van der Waals surface area (Å²) in [5.41, 5.74) is 1.05. The van der Waals surface area contributed by atoms with Crippen LogP contribution in [-0.2, 0) is 6.42 Å². The molecule has 2 atom stereocenters. The SMILES string of the molecule is CCCNC(Cc1cc(F)ccc1Br)CC(C)CC. The Balaban J connectivity index is 2.71. The van der Waals surface area contributed by atoms with Gasteiger partial charge in [-0.2, -0.15) is 0 Å². The zero-order chi connectivity index (χ0) is 14.3. The van der Waals surface area contributed by atoms with E-state index in [1.807, 2.05) is 0 Å². The molecule has 3 heteroatoms. The van der Waals surface area contributed by atoms with Crippen molar-refractivity contribution in [2.75, 3.05) is 6.54 Å². The van der Waals surface area contributed by atoms with Crippen LogP contribution in [0.5, 0.6) is 0 Å². The molecule has 1 rings (SSSR count). The van der Waals surface area contributed by atoms with Crippen molar-refractivity contribution in [2.45, 2.75) is 52.5 Å². The third kappa shape index (κ3) is 6.05. The third-order valence-electron chi connectivity index (χ3n) is 3.54. The normalized spacial score (nSPS) is 14.4. The smallest absolute Gasteiger partial charge is 0.123 e. The van der Waals surface area contributed by atoms with Crippen LogP contribution < -0.4 is 5.32 Å². The highest BCUT2D eigenvalue weighted by Crippen LogP contribution is 2.21. The summed E-state index contributed by atoms with van der Waals surface area (Å²) in [5, 5.41) is 3.59. The molecule has 0 heterocycles. The average Bonchev–Trinajstić information content (AvgIpc) is 2.39. The first-order chi connectivity index (χ1) is 9.06. The van der Waals surface area contributed by atoms with Gasteiger partial charge in [-0.25, -0.2) is 4.39 Å². The van der Waals surface area contributed by atoms with Gasteiger partial charge in [0.05, 0.1) is 0 Å². The summed E-state index contributed by atoms with van der Waals surface area (Å²) in [6.07, 6.45) is 4.33. The first-order valence-corrected chi connectivity index (χ1v) is 8.03. The van der Waals surface area contributed by atoms with Crippen LogP contribution in [0.25, 0.3) is 0 Å². The molecular formula is C16H25BrFN. The molecule has 0 aliphatic rings. The number of rotatable bonds is 8. The number of halogens is 2. The lowest BCUT2D eigenvalue weighted by molar-refractivity contribution is 0.391. The minimum Gasteiger partial charge on any atom is -0.314 e. The van der Waals surface area contributed by atoms with Gasteiger partial charge in [-0.3, -0.25) is 0 Å². The van der Waals surface area contributed by atoms with Crippen LogP contribution in [0.2, 0.25) is 0 Å². The van der Waals surface area contributed by atoms with Crippen LogP contribution in [-0.4, -0.2) is 12.6 Å². The van der Waals surface area contributed by atoms with Crippen LogP contribution in [0.1, 0.15) is 45.6 Å². The number of hydrogen-bond acceptors (Lipinski definition) is 1. The lowest BCUT2D eigenvalue weighted by atomic mass is 9.94. The lowest BCUT2D eigenvalue weighted by Crippen LogP contribution is -2.33. The summed E-state index contributed by atoms with van der Waals surface area (Å²) in [6.45, 7) is 7.69. The average molecular weight is 330 g/mol. The van der Waals surface area contributed by atoms with E-state index in [4.69, 9.17) is 0 Å². The van der Waals surface area contributed by atoms with Crippen molar-refractivity contribution in [2.24, 2.45) is 5.92 Å². The predicted octanol–water partition coefficient (Wildman–Crippen LogP) is 4.94. The second-order valence-electron chi connectivity index (χ2n) is 5.34. The Morgan fingerprint density at radius 2 is 2.05 bits per heavy atom. The van der Waals surface area contributed by atoms with Crippen LogP contribution in [0.3, 0.4) is 0 Å². The zero-order valence-corrected chi connectivity index (χ0v) is 13.8. The van der Waals surface area contributed by atoms with Gasteiger partial charge in [0, 0.05) is 10.5 Å². The molecule has 19 heavy (non-hydrogen) atoms. The zero-order valence-electron chi connectivity index (χ0n) is 12.2. The second kappa shape index (κ2) is 8.70. The van der Waals surface area contributed by atoms with Crippen molar-refractivity contribution in [3.63, 3.8) is 0 Å². The Morgan fingerprint density at radius 3 is 2.68 bits per heavy atom. The molecule has 1 aromatic carbocycles. The van der Waals surface area contributed by atoms with E-state index in [2.05, 4.69) is 42.0 Å². The summed E-state index contributed by atoms with van der Waals surface area (Å²) in [5.74, 6) is 0.540. The first kappa shape index (κ1) is 16.6. The Morgan fingerprint density at radius 1 is 1.32 bits per heavy atom. The van der Waals surface area contributed by atoms with Crippen LogP contribution in [0.15, 0.2) is 22.7 Å². The van der Waals surface area contributed by atoms with Crippen LogP contribution in [0, 0.1) is 11.7 Å². The summed E-state index contributed by atoms with van der Waals surface area (Å²) in [4.78, 5) is 0. The van der Waals surface area contributed by atoms with E-state index >= 15 is 0 Å². The van der Waals surface area contributed by atoms with Gasteiger partial charge in [-0.05, 0) is 55.5 Å². The topological polar surface area (TPSA) is 12.0 Å². The molecular weight excluding hydrogens is 305 g/mol. The second-order valence-corrected chi connectivity index (χ2v) is 6.19. The Kier molecular flexibility index (Phi) is 7.62. The Labute approximate surface area is 125 Å². The minimum atomic E-state index is -0.156. The molecule has 0 fully saturated rings. The molecule has 0 bridgehead atoms. The van der Waals surface area contributed by atoms with Gasteiger partial charge in [-0.1, -0.05) is 43.1 Å². The van der Waals surface area contributed by atoms with Crippen LogP contribution >= 0.6 is 15.9 Å². The van der Waals surface area contributed by atoms with Gasteiger partial charge in [0.2, 0.25) is 0 Å². The number of hydrogen-bond donors (Lipinski definition) is 1. The quantitative estimate of drug-likeness (QED) is 0.712. The molecule has 0 saturated carbocycles. The molecule has 0 radical (unpaired) electrons. The fourth-order valence-corrected chi connectivity index (χ4v) is 2.61. The van der Waals surface area contributed by atoms with Crippen molar-refractivity contribution >= 4 is 15.9 Å². The maximum absolute atomic E-state index is 13.3. The van der Waals surface area contributed by atoms with Gasteiger partial charge in [0.15, 0.2) is 0 Å². The van der Waals surface area contributed by atoms with Gasteiger partial charge in [-0.15, -0.1) is 0 Å². The predicted molar refractivity (Wildman–Crippen MR) is 84.0 cm³/mol. The molecule has 1 aromatic rings. The minimum absolute atomic E-state index is 0.156. The molecule has 0 aliphatic carbocycles. The highest BCUT2D eigenvalue weighted by atomic mass is 79.9. The number of benzene rings is 1.